The predicted molar refractivity (Wildman–Crippen MR) is 118 cm³/mol. The van der Waals surface area contributed by atoms with Crippen molar-refractivity contribution in [3.8, 4) is 0 Å². The van der Waals surface area contributed by atoms with Crippen LogP contribution >= 0.6 is 0 Å². The van der Waals surface area contributed by atoms with Gasteiger partial charge in [0.2, 0.25) is 10.0 Å². The number of hydrogen-bond acceptors (Lipinski definition) is 6. The second-order valence-electron chi connectivity index (χ2n) is 8.27. The molecule has 0 spiro atoms. The van der Waals surface area contributed by atoms with Crippen LogP contribution in [0.2, 0.25) is 0 Å². The van der Waals surface area contributed by atoms with Crippen molar-refractivity contribution in [2.24, 2.45) is 0 Å². The second kappa shape index (κ2) is 9.66. The highest BCUT2D eigenvalue weighted by atomic mass is 32.2. The lowest BCUT2D eigenvalue weighted by Gasteiger charge is -2.38. The fourth-order valence-corrected chi connectivity index (χ4v) is 6.04. The van der Waals surface area contributed by atoms with Gasteiger partial charge in [0, 0.05) is 52.7 Å². The summed E-state index contributed by atoms with van der Waals surface area (Å²) in [7, 11) is -3.89. The summed E-state index contributed by atoms with van der Waals surface area (Å²) in [6.45, 7) is 5.05. The summed E-state index contributed by atoms with van der Waals surface area (Å²) in [4.78, 5) is 15.8. The van der Waals surface area contributed by atoms with E-state index in [0.29, 0.717) is 19.6 Å². The molecule has 0 bridgehead atoms. The van der Waals surface area contributed by atoms with Crippen LogP contribution in [0.3, 0.4) is 0 Å². The van der Waals surface area contributed by atoms with Gasteiger partial charge in [0.05, 0.1) is 6.04 Å². The van der Waals surface area contributed by atoms with Gasteiger partial charge < -0.3 is 4.74 Å². The van der Waals surface area contributed by atoms with Crippen LogP contribution in [0.15, 0.2) is 59.5 Å². The quantitative estimate of drug-likeness (QED) is 0.613. The van der Waals surface area contributed by atoms with Crippen LogP contribution < -0.4 is 0 Å². The predicted octanol–water partition coefficient (Wildman–Crippen LogP) is 1.95. The van der Waals surface area contributed by atoms with E-state index in [9.17, 15) is 17.6 Å². The molecule has 2 saturated heterocycles. The van der Waals surface area contributed by atoms with Crippen molar-refractivity contribution in [3.63, 3.8) is 0 Å². The van der Waals surface area contributed by atoms with Gasteiger partial charge in [-0.2, -0.15) is 4.31 Å². The first-order valence-electron chi connectivity index (χ1n) is 10.8. The van der Waals surface area contributed by atoms with E-state index in [1.165, 1.54) is 35.0 Å². The maximum atomic E-state index is 14.1. The van der Waals surface area contributed by atoms with Gasteiger partial charge in [-0.15, -0.1) is 0 Å². The Morgan fingerprint density at radius 3 is 2.31 bits per heavy atom. The lowest BCUT2D eigenvalue weighted by atomic mass is 10.1. The van der Waals surface area contributed by atoms with E-state index in [0.717, 1.165) is 19.2 Å². The number of nitrogens with zero attached hydrogens (tertiary/aromatic N) is 3. The van der Waals surface area contributed by atoms with E-state index in [-0.39, 0.29) is 36.1 Å². The Morgan fingerprint density at radius 2 is 1.66 bits per heavy atom. The number of benzene rings is 2. The molecule has 2 heterocycles. The summed E-state index contributed by atoms with van der Waals surface area (Å²) in [5.74, 6) is -1.06. The summed E-state index contributed by atoms with van der Waals surface area (Å²) in [5.41, 5.74) is 1.19. The highest BCUT2D eigenvalue weighted by molar-refractivity contribution is 7.89. The summed E-state index contributed by atoms with van der Waals surface area (Å²) in [6.07, 6.45) is -0.272. The Balaban J connectivity index is 1.42. The van der Waals surface area contributed by atoms with E-state index in [1.54, 1.807) is 0 Å². The molecule has 2 aliphatic heterocycles. The fraction of sp³-hybridized carbons (Fsp3) is 0.435. The number of piperazine rings is 1. The molecule has 9 heteroatoms. The molecule has 2 aromatic carbocycles. The lowest BCUT2D eigenvalue weighted by Crippen LogP contribution is -2.55. The van der Waals surface area contributed by atoms with Crippen molar-refractivity contribution in [1.82, 2.24) is 14.1 Å². The molecule has 7 nitrogen and oxygen atoms in total. The molecule has 2 fully saturated rings. The molecule has 4 rings (SSSR count). The van der Waals surface area contributed by atoms with Crippen molar-refractivity contribution in [3.05, 3.63) is 66.0 Å². The number of carbonyl (C=O) groups is 1. The molecule has 0 radical (unpaired) electrons. The molecule has 172 valence electrons. The van der Waals surface area contributed by atoms with Crippen LogP contribution in [0, 0.1) is 5.82 Å². The number of halogens is 1. The van der Waals surface area contributed by atoms with Crippen LogP contribution in [-0.2, 0) is 26.1 Å². The van der Waals surface area contributed by atoms with E-state index in [2.05, 4.69) is 21.9 Å². The molecule has 0 N–H and O–H groups in total. The third kappa shape index (κ3) is 5.01. The van der Waals surface area contributed by atoms with Crippen molar-refractivity contribution in [2.45, 2.75) is 30.5 Å². The first-order valence-corrected chi connectivity index (χ1v) is 12.2. The van der Waals surface area contributed by atoms with Crippen LogP contribution in [-0.4, -0.2) is 79.9 Å². The van der Waals surface area contributed by atoms with Gasteiger partial charge in [0.25, 0.3) is 0 Å². The monoisotopic (exact) mass is 461 g/mol. The third-order valence-electron chi connectivity index (χ3n) is 6.08. The van der Waals surface area contributed by atoms with Crippen LogP contribution in [0.1, 0.15) is 12.5 Å². The highest BCUT2D eigenvalue weighted by Gasteiger charge is 2.41. The fourth-order valence-electron chi connectivity index (χ4n) is 4.55. The Morgan fingerprint density at radius 1 is 1.00 bits per heavy atom. The highest BCUT2D eigenvalue weighted by Crippen LogP contribution is 2.25. The molecule has 0 saturated carbocycles. The zero-order valence-electron chi connectivity index (χ0n) is 18.1. The zero-order chi connectivity index (χ0) is 22.7. The second-order valence-corrected chi connectivity index (χ2v) is 10.2. The smallest absolute Gasteiger partial charge is 0.303 e. The minimum atomic E-state index is -3.89. The number of carbonyl (C=O) groups excluding carboxylic acids is 1. The van der Waals surface area contributed by atoms with E-state index in [1.807, 2.05) is 18.2 Å². The van der Waals surface area contributed by atoms with E-state index < -0.39 is 15.8 Å². The number of ether oxygens (including phenoxy) is 1. The van der Waals surface area contributed by atoms with Gasteiger partial charge in [0.1, 0.15) is 16.8 Å². The molecule has 2 unspecified atom stereocenters. The summed E-state index contributed by atoms with van der Waals surface area (Å²) < 4.78 is 46.8. The Labute approximate surface area is 188 Å². The average molecular weight is 462 g/mol. The van der Waals surface area contributed by atoms with Crippen LogP contribution in [0.25, 0.3) is 0 Å². The first-order chi connectivity index (χ1) is 15.3. The zero-order valence-corrected chi connectivity index (χ0v) is 18.9. The number of likely N-dealkylation sites (tertiary alicyclic amines) is 1. The molecule has 2 atom stereocenters. The summed E-state index contributed by atoms with van der Waals surface area (Å²) >= 11 is 0. The Bertz CT molecular complexity index is 1040. The molecule has 0 amide bonds. The first kappa shape index (κ1) is 22.8. The number of sulfonamides is 1. The van der Waals surface area contributed by atoms with E-state index in [4.69, 9.17) is 4.74 Å². The van der Waals surface area contributed by atoms with Crippen molar-refractivity contribution < 1.29 is 22.3 Å². The minimum absolute atomic E-state index is 0.0130. The molecule has 32 heavy (non-hydrogen) atoms. The van der Waals surface area contributed by atoms with Crippen LogP contribution in [0.4, 0.5) is 4.39 Å². The normalized spacial score (nSPS) is 23.3. The average Bonchev–Trinajstić information content (AvgIpc) is 3.16. The van der Waals surface area contributed by atoms with Gasteiger partial charge in [-0.1, -0.05) is 42.5 Å². The van der Waals surface area contributed by atoms with Crippen molar-refractivity contribution in [1.29, 1.82) is 0 Å². The maximum absolute atomic E-state index is 14.1. The van der Waals surface area contributed by atoms with Gasteiger partial charge in [-0.3, -0.25) is 14.6 Å². The summed E-state index contributed by atoms with van der Waals surface area (Å²) in [6, 6.07) is 15.6. The summed E-state index contributed by atoms with van der Waals surface area (Å²) in [5, 5.41) is 0. The third-order valence-corrected chi connectivity index (χ3v) is 8.01. The van der Waals surface area contributed by atoms with E-state index >= 15 is 0 Å². The molecule has 2 aromatic rings. The molecule has 2 aliphatic rings. The minimum Gasteiger partial charge on any atom is -0.459 e. The molecular formula is C23H28FN3O4S. The van der Waals surface area contributed by atoms with Gasteiger partial charge in [-0.25, -0.2) is 12.8 Å². The SMILES string of the molecule is CC(=O)OC1CN(Cc2ccccc2)CC1N1CCN(S(=O)(=O)c2ccccc2F)CC1. The topological polar surface area (TPSA) is 70.2 Å². The van der Waals surface area contributed by atoms with Gasteiger partial charge in [-0.05, 0) is 17.7 Å². The van der Waals surface area contributed by atoms with Crippen LogP contribution in [0.5, 0.6) is 0 Å². The van der Waals surface area contributed by atoms with Crippen molar-refractivity contribution >= 4 is 16.0 Å². The van der Waals surface area contributed by atoms with Crippen molar-refractivity contribution in [2.75, 3.05) is 39.3 Å². The molecular weight excluding hydrogens is 433 g/mol. The Kier molecular flexibility index (Phi) is 6.90. The number of hydrogen-bond donors (Lipinski definition) is 0. The maximum Gasteiger partial charge on any atom is 0.303 e. The largest absolute Gasteiger partial charge is 0.459 e. The van der Waals surface area contributed by atoms with Gasteiger partial charge >= 0.3 is 5.97 Å². The molecule has 0 aromatic heterocycles. The Hall–Kier alpha value is -2.33. The molecule has 0 aliphatic carbocycles. The standard InChI is InChI=1S/C23H28FN3O4S/c1-18(28)31-22-17-25(15-19-7-3-2-4-8-19)16-21(22)26-11-13-27(14-12-26)32(29,30)23-10-6-5-9-20(23)24/h2-10,21-22H,11-17H2,1H3. The lowest BCUT2D eigenvalue weighted by molar-refractivity contribution is -0.148. The van der Waals surface area contributed by atoms with Gasteiger partial charge in [0.15, 0.2) is 0 Å². The number of esters is 1. The number of rotatable bonds is 6.